The Morgan fingerprint density at radius 3 is 2.74 bits per heavy atom. The van der Waals surface area contributed by atoms with Crippen molar-refractivity contribution >= 4 is 11.7 Å². The van der Waals surface area contributed by atoms with Crippen LogP contribution in [0.3, 0.4) is 0 Å². The Hall–Kier alpha value is -2.82. The fraction of sp³-hybridized carbons (Fsp3) is 0.222. The first-order valence-corrected chi connectivity index (χ1v) is 7.39. The predicted molar refractivity (Wildman–Crippen MR) is 91.6 cm³/mol. The highest BCUT2D eigenvalue weighted by Crippen LogP contribution is 2.18. The second kappa shape index (κ2) is 7.98. The van der Waals surface area contributed by atoms with Crippen LogP contribution in [0.25, 0.3) is 0 Å². The van der Waals surface area contributed by atoms with Gasteiger partial charge in [0.2, 0.25) is 0 Å². The van der Waals surface area contributed by atoms with Crippen LogP contribution in [0, 0.1) is 0 Å². The van der Waals surface area contributed by atoms with Crippen molar-refractivity contribution in [2.75, 3.05) is 11.9 Å². The molecule has 2 N–H and O–H groups in total. The van der Waals surface area contributed by atoms with E-state index in [1.807, 2.05) is 44.2 Å². The monoisotopic (exact) mass is 311 g/mol. The number of carbonyl (C=O) groups is 1. The first-order chi connectivity index (χ1) is 11.0. The number of rotatable bonds is 6. The Kier molecular flexibility index (Phi) is 5.74. The quantitative estimate of drug-likeness (QED) is 0.795. The van der Waals surface area contributed by atoms with Crippen molar-refractivity contribution in [2.45, 2.75) is 19.9 Å². The van der Waals surface area contributed by atoms with Gasteiger partial charge in [-0.05, 0) is 49.2 Å². The summed E-state index contributed by atoms with van der Waals surface area (Å²) >= 11 is 0. The summed E-state index contributed by atoms with van der Waals surface area (Å²) in [5.41, 5.74) is 2.60. The lowest BCUT2D eigenvalue weighted by Crippen LogP contribution is -2.31. The molecule has 2 rings (SSSR count). The number of carbonyl (C=O) groups excluding carboxylic acids is 1. The molecule has 5 heteroatoms. The van der Waals surface area contributed by atoms with Crippen molar-refractivity contribution in [3.05, 3.63) is 66.5 Å². The van der Waals surface area contributed by atoms with Gasteiger partial charge in [0.15, 0.2) is 0 Å². The van der Waals surface area contributed by atoms with Gasteiger partial charge >= 0.3 is 6.03 Å². The zero-order chi connectivity index (χ0) is 16.7. The average Bonchev–Trinajstić information content (AvgIpc) is 2.54. The van der Waals surface area contributed by atoms with Crippen molar-refractivity contribution in [3.8, 4) is 5.75 Å². The summed E-state index contributed by atoms with van der Waals surface area (Å²) in [5, 5.41) is 5.68. The highest BCUT2D eigenvalue weighted by molar-refractivity contribution is 5.89. The molecule has 2 amide bonds. The normalized spacial score (nSPS) is 11.4. The van der Waals surface area contributed by atoms with E-state index in [1.54, 1.807) is 18.5 Å². The summed E-state index contributed by atoms with van der Waals surface area (Å²) in [5.74, 6) is 0.688. The maximum atomic E-state index is 12.1. The van der Waals surface area contributed by atoms with Crippen LogP contribution in [-0.4, -0.2) is 17.6 Å². The molecule has 120 valence electrons. The molecule has 1 aromatic carbocycles. The average molecular weight is 311 g/mol. The topological polar surface area (TPSA) is 63.2 Å². The number of nitrogens with one attached hydrogen (secondary N) is 2. The Balaban J connectivity index is 1.92. The van der Waals surface area contributed by atoms with E-state index < -0.39 is 0 Å². The SMILES string of the molecule is C=C(C)COc1cccc(NC(=O)NC(C)c2ccncc2)c1. The minimum atomic E-state index is -0.272. The molecular formula is C18H21N3O2. The van der Waals surface area contributed by atoms with Crippen LogP contribution in [0.5, 0.6) is 5.75 Å². The van der Waals surface area contributed by atoms with Crippen molar-refractivity contribution in [2.24, 2.45) is 0 Å². The third-order valence-electron chi connectivity index (χ3n) is 3.13. The van der Waals surface area contributed by atoms with E-state index in [-0.39, 0.29) is 12.1 Å². The number of benzene rings is 1. The molecule has 1 atom stereocenters. The Labute approximate surface area is 136 Å². The molecule has 0 bridgehead atoms. The van der Waals surface area contributed by atoms with E-state index in [0.29, 0.717) is 18.0 Å². The van der Waals surface area contributed by atoms with Crippen molar-refractivity contribution in [3.63, 3.8) is 0 Å². The standard InChI is InChI=1S/C18H21N3O2/c1-13(2)12-23-17-6-4-5-16(11-17)21-18(22)20-14(3)15-7-9-19-10-8-15/h4-11,14H,1,12H2,2-3H3,(H2,20,21,22). The third-order valence-corrected chi connectivity index (χ3v) is 3.13. The second-order valence-corrected chi connectivity index (χ2v) is 5.37. The zero-order valence-electron chi connectivity index (χ0n) is 13.4. The first-order valence-electron chi connectivity index (χ1n) is 7.39. The molecule has 0 spiro atoms. The number of anilines is 1. The van der Waals surface area contributed by atoms with Crippen molar-refractivity contribution < 1.29 is 9.53 Å². The van der Waals surface area contributed by atoms with Crippen LogP contribution in [-0.2, 0) is 0 Å². The summed E-state index contributed by atoms with van der Waals surface area (Å²) in [6.07, 6.45) is 3.40. The molecule has 0 radical (unpaired) electrons. The second-order valence-electron chi connectivity index (χ2n) is 5.37. The van der Waals surface area contributed by atoms with Gasteiger partial charge in [-0.2, -0.15) is 0 Å². The molecule has 1 unspecified atom stereocenters. The van der Waals surface area contributed by atoms with Gasteiger partial charge in [0.25, 0.3) is 0 Å². The van der Waals surface area contributed by atoms with Gasteiger partial charge in [-0.1, -0.05) is 12.6 Å². The number of aromatic nitrogens is 1. The third kappa shape index (κ3) is 5.47. The molecule has 1 heterocycles. The summed E-state index contributed by atoms with van der Waals surface area (Å²) in [6.45, 7) is 8.06. The maximum Gasteiger partial charge on any atom is 0.319 e. The highest BCUT2D eigenvalue weighted by atomic mass is 16.5. The molecule has 0 saturated heterocycles. The van der Waals surface area contributed by atoms with Crippen molar-refractivity contribution in [1.82, 2.24) is 10.3 Å². The predicted octanol–water partition coefficient (Wildman–Crippen LogP) is 3.92. The number of urea groups is 1. The van der Waals surface area contributed by atoms with E-state index in [1.165, 1.54) is 0 Å². The van der Waals surface area contributed by atoms with E-state index in [2.05, 4.69) is 22.2 Å². The number of amides is 2. The lowest BCUT2D eigenvalue weighted by molar-refractivity contribution is 0.249. The van der Waals surface area contributed by atoms with Gasteiger partial charge < -0.3 is 15.4 Å². The van der Waals surface area contributed by atoms with Gasteiger partial charge in [0.1, 0.15) is 12.4 Å². The molecule has 0 saturated carbocycles. The molecule has 0 fully saturated rings. The molecule has 0 aliphatic carbocycles. The largest absolute Gasteiger partial charge is 0.489 e. The minimum Gasteiger partial charge on any atom is -0.489 e. The molecular weight excluding hydrogens is 290 g/mol. The highest BCUT2D eigenvalue weighted by Gasteiger charge is 2.09. The minimum absolute atomic E-state index is 0.110. The lowest BCUT2D eigenvalue weighted by atomic mass is 10.1. The fourth-order valence-electron chi connectivity index (χ4n) is 1.97. The lowest BCUT2D eigenvalue weighted by Gasteiger charge is -2.15. The number of hydrogen-bond donors (Lipinski definition) is 2. The summed E-state index contributed by atoms with van der Waals surface area (Å²) in [7, 11) is 0. The van der Waals surface area contributed by atoms with Gasteiger partial charge in [-0.3, -0.25) is 4.98 Å². The van der Waals surface area contributed by atoms with Crippen LogP contribution >= 0.6 is 0 Å². The zero-order valence-corrected chi connectivity index (χ0v) is 13.4. The van der Waals surface area contributed by atoms with E-state index in [4.69, 9.17) is 4.74 Å². The summed E-state index contributed by atoms with van der Waals surface area (Å²) in [4.78, 5) is 16.0. The molecule has 0 aliphatic heterocycles. The molecule has 5 nitrogen and oxygen atoms in total. The maximum absolute atomic E-state index is 12.1. The smallest absolute Gasteiger partial charge is 0.319 e. The van der Waals surface area contributed by atoms with E-state index in [9.17, 15) is 4.79 Å². The number of pyridine rings is 1. The Morgan fingerprint density at radius 2 is 2.04 bits per heavy atom. The fourth-order valence-corrected chi connectivity index (χ4v) is 1.97. The molecule has 2 aromatic rings. The Morgan fingerprint density at radius 1 is 1.30 bits per heavy atom. The van der Waals surface area contributed by atoms with Gasteiger partial charge in [-0.25, -0.2) is 4.79 Å². The molecule has 23 heavy (non-hydrogen) atoms. The van der Waals surface area contributed by atoms with Crippen LogP contribution in [0.1, 0.15) is 25.5 Å². The Bertz CT molecular complexity index is 671. The first kappa shape index (κ1) is 16.5. The summed E-state index contributed by atoms with van der Waals surface area (Å²) < 4.78 is 5.56. The van der Waals surface area contributed by atoms with Crippen molar-refractivity contribution in [1.29, 1.82) is 0 Å². The van der Waals surface area contributed by atoms with Crippen LogP contribution in [0.2, 0.25) is 0 Å². The van der Waals surface area contributed by atoms with E-state index >= 15 is 0 Å². The number of ether oxygens (including phenoxy) is 1. The van der Waals surface area contributed by atoms with Gasteiger partial charge in [0, 0.05) is 24.1 Å². The van der Waals surface area contributed by atoms with E-state index in [0.717, 1.165) is 11.1 Å². The molecule has 1 aromatic heterocycles. The van der Waals surface area contributed by atoms with Crippen LogP contribution < -0.4 is 15.4 Å². The number of nitrogens with zero attached hydrogens (tertiary/aromatic N) is 1. The molecule has 0 aliphatic rings. The van der Waals surface area contributed by atoms with Crippen LogP contribution in [0.15, 0.2) is 60.9 Å². The van der Waals surface area contributed by atoms with Gasteiger partial charge in [-0.15, -0.1) is 0 Å². The van der Waals surface area contributed by atoms with Crippen LogP contribution in [0.4, 0.5) is 10.5 Å². The number of hydrogen-bond acceptors (Lipinski definition) is 3. The van der Waals surface area contributed by atoms with Gasteiger partial charge in [0.05, 0.1) is 6.04 Å². The summed E-state index contributed by atoms with van der Waals surface area (Å²) in [6, 6.07) is 10.6.